The summed E-state index contributed by atoms with van der Waals surface area (Å²) in [6.45, 7) is 9.85. The van der Waals surface area contributed by atoms with Crippen LogP contribution < -0.4 is 15.4 Å². The Morgan fingerprint density at radius 1 is 1.21 bits per heavy atom. The molecule has 0 aromatic heterocycles. The van der Waals surface area contributed by atoms with E-state index in [9.17, 15) is 4.79 Å². The maximum atomic E-state index is 11.8. The predicted octanol–water partition coefficient (Wildman–Crippen LogP) is 2.56. The Hall–Kier alpha value is -1.55. The van der Waals surface area contributed by atoms with E-state index in [4.69, 9.17) is 9.47 Å². The summed E-state index contributed by atoms with van der Waals surface area (Å²) in [5, 5.41) is 6.23. The first-order valence-corrected chi connectivity index (χ1v) is 9.12. The minimum Gasteiger partial charge on any atom is -0.488 e. The topological polar surface area (TPSA) is 75.2 Å². The van der Waals surface area contributed by atoms with Crippen molar-refractivity contribution in [1.82, 2.24) is 15.5 Å². The van der Waals surface area contributed by atoms with Gasteiger partial charge in [-0.2, -0.15) is 0 Å². The first kappa shape index (κ1) is 26.4. The molecule has 0 fully saturated rings. The van der Waals surface area contributed by atoms with Crippen molar-refractivity contribution in [3.63, 3.8) is 0 Å². The third kappa shape index (κ3) is 10.7. The summed E-state index contributed by atoms with van der Waals surface area (Å²) in [7, 11) is 5.09. The number of guanidine groups is 1. The molecule has 0 aliphatic heterocycles. The molecule has 0 bridgehead atoms. The maximum Gasteiger partial charge on any atom is 0.241 e. The monoisotopic (exact) mass is 506 g/mol. The number of likely N-dealkylation sites (N-methyl/N-ethyl adjacent to an activating group) is 1. The Balaban J connectivity index is 0.00000729. The molecule has 0 spiro atoms. The fourth-order valence-corrected chi connectivity index (χ4v) is 2.14. The highest BCUT2D eigenvalue weighted by molar-refractivity contribution is 14.0. The van der Waals surface area contributed by atoms with Crippen LogP contribution in [0.2, 0.25) is 0 Å². The lowest BCUT2D eigenvalue weighted by Gasteiger charge is -2.23. The van der Waals surface area contributed by atoms with Crippen LogP contribution in [0.15, 0.2) is 23.2 Å². The number of nitrogens with zero attached hydrogens (tertiary/aromatic N) is 2. The van der Waals surface area contributed by atoms with Crippen molar-refractivity contribution < 1.29 is 14.3 Å². The number of rotatable bonds is 8. The molecule has 1 aromatic rings. The summed E-state index contributed by atoms with van der Waals surface area (Å²) < 4.78 is 11.1. The molecular weight excluding hydrogens is 471 g/mol. The first-order chi connectivity index (χ1) is 12.6. The summed E-state index contributed by atoms with van der Waals surface area (Å²) in [6.07, 6.45) is 0. The quantitative estimate of drug-likeness (QED) is 0.246. The number of hydrogen-bond acceptors (Lipinski definition) is 4. The molecule has 0 radical (unpaired) electrons. The number of hydrogen-bond donors (Lipinski definition) is 2. The van der Waals surface area contributed by atoms with E-state index < -0.39 is 0 Å². The second kappa shape index (κ2) is 12.8. The molecule has 1 rings (SSSR count). The molecule has 28 heavy (non-hydrogen) atoms. The fourth-order valence-electron chi connectivity index (χ4n) is 2.14. The Kier molecular flexibility index (Phi) is 12.1. The average Bonchev–Trinajstić information content (AvgIpc) is 2.56. The molecule has 0 atom stereocenters. The van der Waals surface area contributed by atoms with Crippen LogP contribution in [-0.4, -0.2) is 63.3 Å². The Bertz CT molecular complexity index is 643. The van der Waals surface area contributed by atoms with E-state index in [-0.39, 0.29) is 42.0 Å². The highest BCUT2D eigenvalue weighted by Crippen LogP contribution is 2.25. The van der Waals surface area contributed by atoms with Gasteiger partial charge in [-0.05, 0) is 39.3 Å². The van der Waals surface area contributed by atoms with E-state index in [1.54, 1.807) is 21.2 Å². The third-order valence-electron chi connectivity index (χ3n) is 3.55. The molecule has 0 heterocycles. The molecule has 0 aliphatic rings. The fraction of sp³-hybridized carbons (Fsp3) is 0.600. The highest BCUT2D eigenvalue weighted by Gasteiger charge is 2.15. The van der Waals surface area contributed by atoms with Crippen molar-refractivity contribution in [1.29, 1.82) is 0 Å². The first-order valence-electron chi connectivity index (χ1n) is 9.12. The lowest BCUT2D eigenvalue weighted by Crippen LogP contribution is -2.43. The number of carbonyl (C=O) groups excluding carboxylic acids is 1. The molecule has 7 nitrogen and oxygen atoms in total. The Morgan fingerprint density at radius 3 is 2.46 bits per heavy atom. The van der Waals surface area contributed by atoms with Crippen molar-refractivity contribution in [2.24, 2.45) is 4.99 Å². The minimum absolute atomic E-state index is 0. The minimum atomic E-state index is -0.290. The number of methoxy groups -OCH3 is 1. The molecule has 8 heteroatoms. The lowest BCUT2D eigenvalue weighted by molar-refractivity contribution is -0.127. The zero-order chi connectivity index (χ0) is 20.4. The average molecular weight is 506 g/mol. The molecule has 2 N–H and O–H groups in total. The molecule has 0 saturated heterocycles. The Labute approximate surface area is 186 Å². The van der Waals surface area contributed by atoms with Crippen LogP contribution in [0.25, 0.3) is 0 Å². The normalized spacial score (nSPS) is 11.5. The number of aliphatic imine (C=N–C) groups is 1. The van der Waals surface area contributed by atoms with Crippen LogP contribution >= 0.6 is 24.0 Å². The van der Waals surface area contributed by atoms with Crippen molar-refractivity contribution in [2.45, 2.75) is 39.8 Å². The standard InChI is InChI=1S/C20H34N4O3.HI/c1-15-8-9-16(17(12-15)27-20(2,3)4)13-22-19(21-10-11-26-7)23-14-18(25)24(5)6;/h8-9,12H,10-11,13-14H2,1-7H3,(H2,21,22,23);1H. The van der Waals surface area contributed by atoms with E-state index in [0.29, 0.717) is 25.7 Å². The Morgan fingerprint density at radius 2 is 1.89 bits per heavy atom. The van der Waals surface area contributed by atoms with Crippen LogP contribution in [-0.2, 0) is 16.1 Å². The summed E-state index contributed by atoms with van der Waals surface area (Å²) in [5.74, 6) is 1.36. The van der Waals surface area contributed by atoms with Gasteiger partial charge in [0.15, 0.2) is 5.96 Å². The zero-order valence-electron chi connectivity index (χ0n) is 18.1. The molecule has 160 valence electrons. The van der Waals surface area contributed by atoms with Gasteiger partial charge in [0, 0.05) is 33.3 Å². The summed E-state index contributed by atoms with van der Waals surface area (Å²) in [4.78, 5) is 18.0. The molecule has 0 aliphatic carbocycles. The zero-order valence-corrected chi connectivity index (χ0v) is 20.4. The number of nitrogens with one attached hydrogen (secondary N) is 2. The van der Waals surface area contributed by atoms with Crippen LogP contribution in [0.5, 0.6) is 5.75 Å². The van der Waals surface area contributed by atoms with Gasteiger partial charge in [0.1, 0.15) is 11.4 Å². The van der Waals surface area contributed by atoms with Gasteiger partial charge in [0.25, 0.3) is 0 Å². The van der Waals surface area contributed by atoms with Gasteiger partial charge in [0.2, 0.25) is 5.91 Å². The van der Waals surface area contributed by atoms with Crippen LogP contribution in [0, 0.1) is 6.92 Å². The molecule has 0 unspecified atom stereocenters. The summed E-state index contributed by atoms with van der Waals surface area (Å²) in [5.41, 5.74) is 1.83. The van der Waals surface area contributed by atoms with Crippen molar-refractivity contribution in [3.8, 4) is 5.75 Å². The van der Waals surface area contributed by atoms with Gasteiger partial charge >= 0.3 is 0 Å². The SMILES string of the molecule is COCCNC(=NCc1ccc(C)cc1OC(C)(C)C)NCC(=O)N(C)C.I. The maximum absolute atomic E-state index is 11.8. The van der Waals surface area contributed by atoms with Gasteiger partial charge in [-0.25, -0.2) is 4.99 Å². The van der Waals surface area contributed by atoms with Gasteiger partial charge in [-0.3, -0.25) is 4.79 Å². The van der Waals surface area contributed by atoms with Crippen LogP contribution in [0.3, 0.4) is 0 Å². The molecular formula is C20H35IN4O3. The number of benzene rings is 1. The van der Waals surface area contributed by atoms with E-state index >= 15 is 0 Å². The summed E-state index contributed by atoms with van der Waals surface area (Å²) in [6, 6.07) is 6.09. The van der Waals surface area contributed by atoms with Gasteiger partial charge in [0.05, 0.1) is 19.7 Å². The van der Waals surface area contributed by atoms with Gasteiger partial charge < -0.3 is 25.0 Å². The van der Waals surface area contributed by atoms with E-state index in [2.05, 4.69) is 15.6 Å². The molecule has 1 aromatic carbocycles. The van der Waals surface area contributed by atoms with Crippen LogP contribution in [0.4, 0.5) is 0 Å². The number of aryl methyl sites for hydroxylation is 1. The molecule has 1 amide bonds. The van der Waals surface area contributed by atoms with Crippen molar-refractivity contribution in [3.05, 3.63) is 29.3 Å². The van der Waals surface area contributed by atoms with Gasteiger partial charge in [-0.1, -0.05) is 12.1 Å². The number of halogens is 1. The number of amides is 1. The second-order valence-electron chi connectivity index (χ2n) is 7.55. The number of ether oxygens (including phenoxy) is 2. The van der Waals surface area contributed by atoms with E-state index in [0.717, 1.165) is 16.9 Å². The predicted molar refractivity (Wildman–Crippen MR) is 125 cm³/mol. The van der Waals surface area contributed by atoms with Gasteiger partial charge in [-0.15, -0.1) is 24.0 Å². The van der Waals surface area contributed by atoms with Crippen molar-refractivity contribution in [2.75, 3.05) is 40.9 Å². The number of carbonyl (C=O) groups is 1. The van der Waals surface area contributed by atoms with Crippen LogP contribution in [0.1, 0.15) is 31.9 Å². The van der Waals surface area contributed by atoms with Crippen molar-refractivity contribution >= 4 is 35.8 Å². The molecule has 0 saturated carbocycles. The second-order valence-corrected chi connectivity index (χ2v) is 7.55. The largest absolute Gasteiger partial charge is 0.488 e. The summed E-state index contributed by atoms with van der Waals surface area (Å²) >= 11 is 0. The lowest BCUT2D eigenvalue weighted by atomic mass is 10.1. The highest BCUT2D eigenvalue weighted by atomic mass is 127. The third-order valence-corrected chi connectivity index (χ3v) is 3.55. The van der Waals surface area contributed by atoms with E-state index in [1.807, 2.05) is 45.9 Å². The van der Waals surface area contributed by atoms with E-state index in [1.165, 1.54) is 4.90 Å². The smallest absolute Gasteiger partial charge is 0.241 e.